The van der Waals surface area contributed by atoms with Gasteiger partial charge in [0.1, 0.15) is 5.75 Å². The Morgan fingerprint density at radius 2 is 1.78 bits per heavy atom. The van der Waals surface area contributed by atoms with Crippen molar-refractivity contribution in [3.05, 3.63) is 48.0 Å². The SMILES string of the molecule is CCCCCCOc1ccccc1-c1cccc2c1C1CCNCCC1N2. The molecule has 27 heavy (non-hydrogen) atoms. The van der Waals surface area contributed by atoms with Gasteiger partial charge in [-0.1, -0.05) is 56.5 Å². The van der Waals surface area contributed by atoms with Crippen molar-refractivity contribution in [1.29, 1.82) is 0 Å². The zero-order valence-electron chi connectivity index (χ0n) is 16.5. The second-order valence-corrected chi connectivity index (χ2v) is 7.86. The molecule has 2 atom stereocenters. The monoisotopic (exact) mass is 364 g/mol. The first-order valence-electron chi connectivity index (χ1n) is 10.7. The number of nitrogens with one attached hydrogen (secondary N) is 2. The predicted molar refractivity (Wildman–Crippen MR) is 114 cm³/mol. The van der Waals surface area contributed by atoms with Crippen LogP contribution in [0.2, 0.25) is 0 Å². The summed E-state index contributed by atoms with van der Waals surface area (Å²) in [5.41, 5.74) is 5.40. The molecule has 0 spiro atoms. The van der Waals surface area contributed by atoms with Crippen LogP contribution in [-0.4, -0.2) is 25.7 Å². The van der Waals surface area contributed by atoms with E-state index in [1.807, 2.05) is 0 Å². The van der Waals surface area contributed by atoms with Gasteiger partial charge in [-0.3, -0.25) is 0 Å². The van der Waals surface area contributed by atoms with E-state index < -0.39 is 0 Å². The molecule has 2 aromatic rings. The minimum atomic E-state index is 0.554. The molecule has 1 fully saturated rings. The topological polar surface area (TPSA) is 33.3 Å². The minimum absolute atomic E-state index is 0.554. The molecule has 0 aromatic heterocycles. The van der Waals surface area contributed by atoms with Gasteiger partial charge in [-0.15, -0.1) is 0 Å². The lowest BCUT2D eigenvalue weighted by Crippen LogP contribution is -2.21. The van der Waals surface area contributed by atoms with Crippen LogP contribution in [0.15, 0.2) is 42.5 Å². The van der Waals surface area contributed by atoms with E-state index in [1.54, 1.807) is 0 Å². The third-order valence-corrected chi connectivity index (χ3v) is 6.00. The van der Waals surface area contributed by atoms with Gasteiger partial charge in [0.15, 0.2) is 0 Å². The summed E-state index contributed by atoms with van der Waals surface area (Å²) in [6.45, 7) is 5.26. The third kappa shape index (κ3) is 3.98. The normalized spacial score (nSPS) is 21.1. The van der Waals surface area contributed by atoms with Gasteiger partial charge in [-0.2, -0.15) is 0 Å². The summed E-state index contributed by atoms with van der Waals surface area (Å²) in [4.78, 5) is 0. The molecule has 0 aliphatic carbocycles. The van der Waals surface area contributed by atoms with E-state index in [9.17, 15) is 0 Å². The van der Waals surface area contributed by atoms with E-state index in [-0.39, 0.29) is 0 Å². The van der Waals surface area contributed by atoms with Crippen molar-refractivity contribution in [3.63, 3.8) is 0 Å². The number of fused-ring (bicyclic) bond motifs is 3. The quantitative estimate of drug-likeness (QED) is 0.630. The Hall–Kier alpha value is -2.00. The molecule has 4 rings (SSSR count). The van der Waals surface area contributed by atoms with Crippen molar-refractivity contribution in [3.8, 4) is 16.9 Å². The van der Waals surface area contributed by atoms with Crippen molar-refractivity contribution in [2.24, 2.45) is 0 Å². The van der Waals surface area contributed by atoms with Crippen LogP contribution in [0.5, 0.6) is 5.75 Å². The summed E-state index contributed by atoms with van der Waals surface area (Å²) in [6.07, 6.45) is 7.32. The zero-order chi connectivity index (χ0) is 18.5. The number of benzene rings is 2. The van der Waals surface area contributed by atoms with Gasteiger partial charge in [0, 0.05) is 23.2 Å². The molecule has 3 heteroatoms. The Bertz CT molecular complexity index is 758. The summed E-state index contributed by atoms with van der Waals surface area (Å²) in [7, 11) is 0. The number of para-hydroxylation sites is 1. The van der Waals surface area contributed by atoms with E-state index in [4.69, 9.17) is 4.74 Å². The number of rotatable bonds is 7. The molecular formula is C24H32N2O. The van der Waals surface area contributed by atoms with Gasteiger partial charge in [-0.05, 0) is 55.6 Å². The van der Waals surface area contributed by atoms with Crippen LogP contribution in [0.1, 0.15) is 56.9 Å². The van der Waals surface area contributed by atoms with Crippen LogP contribution in [0.3, 0.4) is 0 Å². The van der Waals surface area contributed by atoms with E-state index >= 15 is 0 Å². The number of unbranched alkanes of at least 4 members (excludes halogenated alkanes) is 3. The smallest absolute Gasteiger partial charge is 0.127 e. The Labute approximate surface area is 163 Å². The first-order chi connectivity index (χ1) is 13.4. The second kappa shape index (κ2) is 8.79. The predicted octanol–water partition coefficient (Wildman–Crippen LogP) is 5.57. The first kappa shape index (κ1) is 18.4. The maximum Gasteiger partial charge on any atom is 0.127 e. The molecular weight excluding hydrogens is 332 g/mol. The molecule has 1 saturated heterocycles. The molecule has 2 heterocycles. The lowest BCUT2D eigenvalue weighted by atomic mass is 9.85. The Balaban J connectivity index is 1.61. The molecule has 2 aliphatic rings. The van der Waals surface area contributed by atoms with Gasteiger partial charge < -0.3 is 15.4 Å². The van der Waals surface area contributed by atoms with Gasteiger partial charge >= 0.3 is 0 Å². The van der Waals surface area contributed by atoms with E-state index in [2.05, 4.69) is 60.0 Å². The first-order valence-corrected chi connectivity index (χ1v) is 10.7. The highest BCUT2D eigenvalue weighted by Gasteiger charge is 2.35. The van der Waals surface area contributed by atoms with Crippen molar-refractivity contribution in [1.82, 2.24) is 5.32 Å². The van der Waals surface area contributed by atoms with E-state index in [0.29, 0.717) is 12.0 Å². The largest absolute Gasteiger partial charge is 0.493 e. The number of hydrogen-bond donors (Lipinski definition) is 2. The summed E-state index contributed by atoms with van der Waals surface area (Å²) >= 11 is 0. The zero-order valence-corrected chi connectivity index (χ0v) is 16.5. The van der Waals surface area contributed by atoms with Crippen LogP contribution in [0.25, 0.3) is 11.1 Å². The average Bonchev–Trinajstić information content (AvgIpc) is 2.89. The van der Waals surface area contributed by atoms with Crippen LogP contribution in [0, 0.1) is 0 Å². The minimum Gasteiger partial charge on any atom is -0.493 e. The van der Waals surface area contributed by atoms with Gasteiger partial charge in [0.2, 0.25) is 0 Å². The van der Waals surface area contributed by atoms with Crippen LogP contribution >= 0.6 is 0 Å². The molecule has 144 valence electrons. The molecule has 3 nitrogen and oxygen atoms in total. The third-order valence-electron chi connectivity index (χ3n) is 6.00. The van der Waals surface area contributed by atoms with E-state index in [0.717, 1.165) is 31.9 Å². The fourth-order valence-corrected chi connectivity index (χ4v) is 4.61. The molecule has 2 aliphatic heterocycles. The fourth-order valence-electron chi connectivity index (χ4n) is 4.61. The van der Waals surface area contributed by atoms with Crippen LogP contribution < -0.4 is 15.4 Å². The average molecular weight is 365 g/mol. The number of ether oxygens (including phenoxy) is 1. The molecule has 0 saturated carbocycles. The van der Waals surface area contributed by atoms with Gasteiger partial charge in [0.05, 0.1) is 6.61 Å². The summed E-state index contributed by atoms with van der Waals surface area (Å²) in [5, 5.41) is 7.35. The fraction of sp³-hybridized carbons (Fsp3) is 0.500. The lowest BCUT2D eigenvalue weighted by Gasteiger charge is -2.19. The highest BCUT2D eigenvalue weighted by atomic mass is 16.5. The van der Waals surface area contributed by atoms with Crippen molar-refractivity contribution < 1.29 is 4.74 Å². The molecule has 0 bridgehead atoms. The van der Waals surface area contributed by atoms with Crippen molar-refractivity contribution in [2.45, 2.75) is 57.4 Å². The van der Waals surface area contributed by atoms with Crippen molar-refractivity contribution in [2.75, 3.05) is 25.0 Å². The summed E-state index contributed by atoms with van der Waals surface area (Å²) in [6, 6.07) is 15.8. The highest BCUT2D eigenvalue weighted by Crippen LogP contribution is 2.46. The maximum absolute atomic E-state index is 6.23. The molecule has 0 amide bonds. The van der Waals surface area contributed by atoms with E-state index in [1.165, 1.54) is 54.5 Å². The molecule has 2 N–H and O–H groups in total. The van der Waals surface area contributed by atoms with Gasteiger partial charge in [-0.25, -0.2) is 0 Å². The number of hydrogen-bond acceptors (Lipinski definition) is 3. The Kier molecular flexibility index (Phi) is 5.98. The maximum atomic E-state index is 6.23. The number of anilines is 1. The Morgan fingerprint density at radius 3 is 2.70 bits per heavy atom. The lowest BCUT2D eigenvalue weighted by molar-refractivity contribution is 0.306. The second-order valence-electron chi connectivity index (χ2n) is 7.86. The van der Waals surface area contributed by atoms with Crippen molar-refractivity contribution >= 4 is 5.69 Å². The molecule has 2 unspecified atom stereocenters. The molecule has 2 aromatic carbocycles. The van der Waals surface area contributed by atoms with Crippen LogP contribution in [-0.2, 0) is 0 Å². The van der Waals surface area contributed by atoms with Crippen LogP contribution in [0.4, 0.5) is 5.69 Å². The molecule has 0 radical (unpaired) electrons. The van der Waals surface area contributed by atoms with Gasteiger partial charge in [0.25, 0.3) is 0 Å². The standard InChI is InChI=1S/C24H32N2O/c1-2-3-4-7-17-27-23-12-6-5-9-18(23)19-10-8-11-22-24(19)20-13-15-25-16-14-21(20)26-22/h5-6,8-12,20-21,25-26H,2-4,7,13-17H2,1H3. The summed E-state index contributed by atoms with van der Waals surface area (Å²) in [5.74, 6) is 1.61. The summed E-state index contributed by atoms with van der Waals surface area (Å²) < 4.78 is 6.23. The highest BCUT2D eigenvalue weighted by molar-refractivity contribution is 5.81. The Morgan fingerprint density at radius 1 is 0.926 bits per heavy atom.